The predicted octanol–water partition coefficient (Wildman–Crippen LogP) is 4.66. The number of hydrogen-bond donors (Lipinski definition) is 1. The van der Waals surface area contributed by atoms with E-state index in [9.17, 15) is 17.2 Å². The quantitative estimate of drug-likeness (QED) is 0.745. The molecule has 0 aliphatic rings. The molecule has 0 aliphatic heterocycles. The van der Waals surface area contributed by atoms with Crippen LogP contribution in [0.1, 0.15) is 4.88 Å². The van der Waals surface area contributed by atoms with Crippen molar-refractivity contribution in [1.29, 1.82) is 0 Å². The van der Waals surface area contributed by atoms with Crippen molar-refractivity contribution in [3.8, 4) is 0 Å². The van der Waals surface area contributed by atoms with Gasteiger partial charge in [-0.05, 0) is 50.9 Å². The van der Waals surface area contributed by atoms with Gasteiger partial charge in [0.1, 0.15) is 10.7 Å². The van der Waals surface area contributed by atoms with Crippen LogP contribution in [0.5, 0.6) is 0 Å². The molecule has 0 amide bonds. The molecule has 0 radical (unpaired) electrons. The van der Waals surface area contributed by atoms with Crippen LogP contribution >= 0.6 is 43.2 Å². The van der Waals surface area contributed by atoms with Gasteiger partial charge in [-0.15, -0.1) is 11.3 Å². The standard InChI is InChI=1S/C11H7Br2F2NO2S2/c1-5-9(4-10(13)19-5)20(17,18)16-11-7(12)2-6(14)3-8(11)15/h2-4,16H,1H3. The summed E-state index contributed by atoms with van der Waals surface area (Å²) in [5, 5.41) is 0. The second kappa shape index (κ2) is 5.70. The maximum atomic E-state index is 13.7. The first kappa shape index (κ1) is 15.9. The third kappa shape index (κ3) is 3.21. The highest BCUT2D eigenvalue weighted by Crippen LogP contribution is 2.33. The summed E-state index contributed by atoms with van der Waals surface area (Å²) in [5.74, 6) is -1.79. The molecule has 1 aromatic heterocycles. The number of benzene rings is 1. The van der Waals surface area contributed by atoms with Crippen LogP contribution < -0.4 is 4.72 Å². The van der Waals surface area contributed by atoms with E-state index in [-0.39, 0.29) is 15.1 Å². The average molecular weight is 447 g/mol. The molecule has 1 N–H and O–H groups in total. The van der Waals surface area contributed by atoms with Gasteiger partial charge in [-0.3, -0.25) is 4.72 Å². The maximum absolute atomic E-state index is 13.7. The number of halogens is 4. The molecule has 1 heterocycles. The molecule has 20 heavy (non-hydrogen) atoms. The largest absolute Gasteiger partial charge is 0.275 e. The lowest BCUT2D eigenvalue weighted by Gasteiger charge is -2.10. The molecule has 0 saturated carbocycles. The Morgan fingerprint density at radius 3 is 2.35 bits per heavy atom. The number of anilines is 1. The van der Waals surface area contributed by atoms with Gasteiger partial charge in [0.2, 0.25) is 0 Å². The van der Waals surface area contributed by atoms with Crippen LogP contribution in [0.3, 0.4) is 0 Å². The molecule has 0 bridgehead atoms. The molecule has 9 heteroatoms. The monoisotopic (exact) mass is 445 g/mol. The summed E-state index contributed by atoms with van der Waals surface area (Å²) >= 11 is 7.38. The van der Waals surface area contributed by atoms with Gasteiger partial charge >= 0.3 is 0 Å². The van der Waals surface area contributed by atoms with Gasteiger partial charge in [-0.2, -0.15) is 0 Å². The lowest BCUT2D eigenvalue weighted by atomic mass is 10.3. The fourth-order valence-corrected chi connectivity index (χ4v) is 5.67. The van der Waals surface area contributed by atoms with Crippen molar-refractivity contribution in [1.82, 2.24) is 0 Å². The van der Waals surface area contributed by atoms with Crippen LogP contribution in [0.25, 0.3) is 0 Å². The minimum Gasteiger partial charge on any atom is -0.275 e. The Morgan fingerprint density at radius 2 is 1.85 bits per heavy atom. The predicted molar refractivity (Wildman–Crippen MR) is 81.6 cm³/mol. The minimum atomic E-state index is -3.94. The maximum Gasteiger partial charge on any atom is 0.263 e. The molecular weight excluding hydrogens is 440 g/mol. The van der Waals surface area contributed by atoms with Gasteiger partial charge in [-0.1, -0.05) is 0 Å². The van der Waals surface area contributed by atoms with Gasteiger partial charge in [0.15, 0.2) is 5.82 Å². The van der Waals surface area contributed by atoms with Crippen molar-refractivity contribution in [2.75, 3.05) is 4.72 Å². The molecule has 3 nitrogen and oxygen atoms in total. The van der Waals surface area contributed by atoms with E-state index in [1.54, 1.807) is 6.92 Å². The van der Waals surface area contributed by atoms with Gasteiger partial charge in [0, 0.05) is 15.4 Å². The minimum absolute atomic E-state index is 0.00877. The number of nitrogens with one attached hydrogen (secondary N) is 1. The molecule has 2 aromatic rings. The van der Waals surface area contributed by atoms with Crippen molar-refractivity contribution >= 4 is 58.9 Å². The smallest absolute Gasteiger partial charge is 0.263 e. The van der Waals surface area contributed by atoms with Crippen molar-refractivity contribution in [2.45, 2.75) is 11.8 Å². The Labute approximate surface area is 135 Å². The topological polar surface area (TPSA) is 46.2 Å². The summed E-state index contributed by atoms with van der Waals surface area (Å²) in [7, 11) is -3.94. The highest BCUT2D eigenvalue weighted by atomic mass is 79.9. The highest BCUT2D eigenvalue weighted by molar-refractivity contribution is 9.11. The van der Waals surface area contributed by atoms with Crippen LogP contribution in [0.15, 0.2) is 31.4 Å². The lowest BCUT2D eigenvalue weighted by Crippen LogP contribution is -2.14. The van der Waals surface area contributed by atoms with E-state index < -0.39 is 21.7 Å². The molecule has 0 aliphatic carbocycles. The Morgan fingerprint density at radius 1 is 1.20 bits per heavy atom. The molecule has 0 unspecified atom stereocenters. The van der Waals surface area contributed by atoms with Gasteiger partial charge in [-0.25, -0.2) is 17.2 Å². The molecule has 0 fully saturated rings. The van der Waals surface area contributed by atoms with E-state index in [1.807, 2.05) is 0 Å². The zero-order chi connectivity index (χ0) is 15.1. The lowest BCUT2D eigenvalue weighted by molar-refractivity contribution is 0.581. The number of sulfonamides is 1. The van der Waals surface area contributed by atoms with Crippen LogP contribution in [0.4, 0.5) is 14.5 Å². The van der Waals surface area contributed by atoms with E-state index in [1.165, 1.54) is 17.4 Å². The summed E-state index contributed by atoms with van der Waals surface area (Å²) in [5.41, 5.74) is -0.326. The van der Waals surface area contributed by atoms with Crippen molar-refractivity contribution < 1.29 is 17.2 Å². The normalized spacial score (nSPS) is 11.7. The first-order valence-electron chi connectivity index (χ1n) is 5.14. The number of hydrogen-bond acceptors (Lipinski definition) is 3. The van der Waals surface area contributed by atoms with Crippen LogP contribution in [0.2, 0.25) is 0 Å². The van der Waals surface area contributed by atoms with E-state index in [4.69, 9.17) is 0 Å². The fourth-order valence-electron chi connectivity index (χ4n) is 1.53. The summed E-state index contributed by atoms with van der Waals surface area (Å²) in [4.78, 5) is 0.605. The summed E-state index contributed by atoms with van der Waals surface area (Å²) in [6.45, 7) is 1.64. The first-order valence-corrected chi connectivity index (χ1v) is 9.02. The molecule has 2 rings (SSSR count). The summed E-state index contributed by atoms with van der Waals surface area (Å²) in [6.07, 6.45) is 0. The Kier molecular flexibility index (Phi) is 4.53. The van der Waals surface area contributed by atoms with Crippen molar-refractivity contribution in [3.05, 3.63) is 43.0 Å². The Balaban J connectivity index is 2.46. The second-order valence-electron chi connectivity index (χ2n) is 3.82. The van der Waals surface area contributed by atoms with Gasteiger partial charge in [0.05, 0.1) is 9.47 Å². The van der Waals surface area contributed by atoms with E-state index in [2.05, 4.69) is 36.6 Å². The first-order chi connectivity index (χ1) is 9.20. The third-order valence-electron chi connectivity index (χ3n) is 2.37. The zero-order valence-electron chi connectivity index (χ0n) is 9.88. The second-order valence-corrected chi connectivity index (χ2v) is 8.96. The van der Waals surface area contributed by atoms with Gasteiger partial charge < -0.3 is 0 Å². The summed E-state index contributed by atoms with van der Waals surface area (Å²) < 4.78 is 53.8. The highest BCUT2D eigenvalue weighted by Gasteiger charge is 2.22. The van der Waals surface area contributed by atoms with Crippen molar-refractivity contribution in [3.63, 3.8) is 0 Å². The van der Waals surface area contributed by atoms with E-state index >= 15 is 0 Å². The number of aryl methyl sites for hydroxylation is 1. The molecule has 1 aromatic carbocycles. The zero-order valence-corrected chi connectivity index (χ0v) is 14.7. The third-order valence-corrected chi connectivity index (χ3v) is 6.16. The molecule has 0 saturated heterocycles. The van der Waals surface area contributed by atoms with Crippen LogP contribution in [-0.2, 0) is 10.0 Å². The average Bonchev–Trinajstić information content (AvgIpc) is 2.64. The van der Waals surface area contributed by atoms with Crippen LogP contribution in [0, 0.1) is 18.6 Å². The van der Waals surface area contributed by atoms with Crippen molar-refractivity contribution in [2.24, 2.45) is 0 Å². The van der Waals surface area contributed by atoms with Gasteiger partial charge in [0.25, 0.3) is 10.0 Å². The molecule has 0 spiro atoms. The van der Waals surface area contributed by atoms with E-state index in [0.29, 0.717) is 14.7 Å². The van der Waals surface area contributed by atoms with E-state index in [0.717, 1.165) is 6.07 Å². The molecular formula is C11H7Br2F2NO2S2. The number of rotatable bonds is 3. The Hall–Kier alpha value is -0.510. The number of thiophene rings is 1. The summed E-state index contributed by atoms with van der Waals surface area (Å²) in [6, 6.07) is 3.02. The molecule has 0 atom stereocenters. The fraction of sp³-hybridized carbons (Fsp3) is 0.0909. The molecule has 108 valence electrons. The van der Waals surface area contributed by atoms with Crippen LogP contribution in [-0.4, -0.2) is 8.42 Å². The Bertz CT molecular complexity index is 752. The SMILES string of the molecule is Cc1sc(Br)cc1S(=O)(=O)Nc1c(F)cc(F)cc1Br.